The molecule has 1 aliphatic rings. The molecule has 22 rings (SSSR count). The zero-order valence-corrected chi connectivity index (χ0v) is 71.6. The summed E-state index contributed by atoms with van der Waals surface area (Å²) in [4.78, 5) is 12.3. The predicted molar refractivity (Wildman–Crippen MR) is 521 cm³/mol. The van der Waals surface area contributed by atoms with Gasteiger partial charge in [-0.25, -0.2) is 0 Å². The van der Waals surface area contributed by atoms with E-state index < -0.39 is 0 Å². The number of phenolic OH excluding ortho intramolecular Hbond substituents is 2. The maximum absolute atomic E-state index is 10.1. The number of rotatable bonds is 9. The Labute approximate surface area is 712 Å². The van der Waals surface area contributed by atoms with Crippen molar-refractivity contribution in [3.05, 3.63) is 429 Å². The summed E-state index contributed by atoms with van der Waals surface area (Å²) < 4.78 is 5.67. The van der Waals surface area contributed by atoms with Gasteiger partial charge in [0.15, 0.2) is 62.9 Å². The third-order valence-corrected chi connectivity index (χ3v) is 34.2. The molecule has 119 heavy (non-hydrogen) atoms. The van der Waals surface area contributed by atoms with Crippen LogP contribution in [-0.4, -0.2) is 21.7 Å². The third-order valence-electron chi connectivity index (χ3n) is 22.6. The molecule has 578 valence electrons. The normalized spacial score (nSPS) is 12.3. The largest absolute Gasteiger partial charge is 0.507 e. The molecule has 0 radical (unpaired) electrons. The van der Waals surface area contributed by atoms with E-state index in [1.54, 1.807) is 0 Å². The lowest BCUT2D eigenvalue weighted by Gasteiger charge is -2.19. The fraction of sp³-hybridized carbons (Fsp3) is 0.0893. The first-order valence-electron chi connectivity index (χ1n) is 40.9. The van der Waals surface area contributed by atoms with Crippen LogP contribution in [0.25, 0.3) is 115 Å². The van der Waals surface area contributed by atoms with E-state index in [1.807, 2.05) is 32.0 Å². The molecule has 0 spiro atoms. The first-order valence-corrected chi connectivity index (χ1v) is 47.4. The van der Waals surface area contributed by atoms with E-state index in [0.717, 1.165) is 16.5 Å². The molecular weight excluding hydrogens is 1540 g/mol. The number of aryl methyl sites for hydroxylation is 2. The van der Waals surface area contributed by atoms with Crippen LogP contribution < -0.4 is 0 Å². The van der Waals surface area contributed by atoms with E-state index in [2.05, 4.69) is 415 Å². The van der Waals surface area contributed by atoms with Crippen molar-refractivity contribution >= 4 is 159 Å². The molecule has 1 aliphatic heterocycles. The van der Waals surface area contributed by atoms with Crippen molar-refractivity contribution in [2.75, 3.05) is 11.5 Å². The third kappa shape index (κ3) is 16.5. The van der Waals surface area contributed by atoms with Gasteiger partial charge in [0.1, 0.15) is 23.0 Å². The van der Waals surface area contributed by atoms with E-state index in [4.69, 9.17) is 0 Å². The van der Waals surface area contributed by atoms with Crippen molar-refractivity contribution in [3.63, 3.8) is 0 Å². The first kappa shape index (κ1) is 78.0. The Balaban J connectivity index is 0.000000104. The molecular formula is C112H93O2S5+5. The standard InChI is InChI=1S/C30H21S.C30H27S.C20H16OS.C18H13S.C14H14OS/c1-4-10-25-19-28(16-13-22(25)7-1)31(29-17-14-23-8-2-5-11-26(23)20-29)30-18-15-24-9-3-6-12-27(24)21-30;1-30(2,3)26-14-18-27(19-15-26)31(28-16-12-22-8-4-6-10-24(22)20-28)29-17-13-23-9-5-7-11-25(23)21-29;1-13-11-15(12-14(2)20(13)21)22-18-9-5-3-7-16(18)17-8-4-6-10-19(17)22;1-2-8-14(9-3-1)19-17-12-6-4-10-15(17)16-11-5-7-13-18(16)19;15-13-7-8-14(16-9-3-4-10-16)12-6-2-1-5-11(12)13/h1-21H;4-21H,1-3H3;3-12H,1-2H3;1-13H;1-2,5-8H,3-4,9-10H2/q2*+1;;+1;/p+2. The highest BCUT2D eigenvalue weighted by atomic mass is 32.2. The lowest BCUT2D eigenvalue weighted by Crippen LogP contribution is -2.11. The average Bonchev–Trinajstić information content (AvgIpc) is 1.56. The quantitative estimate of drug-likeness (QED) is 0.141. The minimum absolute atomic E-state index is 0.0594. The molecule has 7 heteroatoms. The van der Waals surface area contributed by atoms with Crippen LogP contribution in [0.4, 0.5) is 0 Å². The van der Waals surface area contributed by atoms with Crippen LogP contribution in [-0.2, 0) is 38.1 Å². The number of thiophene rings is 2. The van der Waals surface area contributed by atoms with E-state index in [1.165, 1.54) is 174 Å². The minimum atomic E-state index is -0.183. The second kappa shape index (κ2) is 34.8. The predicted octanol–water partition coefficient (Wildman–Crippen LogP) is 31.7. The SMILES string of the molecule is CC(C)(C)c1ccc([S+](c2ccc3ccccc3c2)c2ccc3ccccc3c2)cc1.Cc1cc(-[s+]2c3ccccc3c3ccccc32)cc(C)c1O.Oc1ccc([S+]2CCCC2)c2ccccc12.c1ccc(-[s+]2c3ccccc3c3ccccc32)cc1.c1ccc2cc([S+](c3ccc4ccccc4c3)c3ccc4ccccc4c3)ccc2c1. The summed E-state index contributed by atoms with van der Waals surface area (Å²) >= 11 is 0. The van der Waals surface area contributed by atoms with E-state index >= 15 is 0 Å². The average molecular weight is 1630 g/mol. The van der Waals surface area contributed by atoms with E-state index in [0.29, 0.717) is 22.4 Å². The van der Waals surface area contributed by atoms with Crippen molar-refractivity contribution in [1.29, 1.82) is 0 Å². The maximum atomic E-state index is 10.1. The van der Waals surface area contributed by atoms with Crippen molar-refractivity contribution in [3.8, 4) is 21.3 Å². The number of fused-ring (bicyclic) bond motifs is 12. The number of hydrogen-bond donors (Lipinski definition) is 2. The van der Waals surface area contributed by atoms with Gasteiger partial charge >= 0.3 is 0 Å². The fourth-order valence-corrected chi connectivity index (χ4v) is 28.3. The Morgan fingerprint density at radius 3 is 0.891 bits per heavy atom. The summed E-state index contributed by atoms with van der Waals surface area (Å²) in [6, 6.07) is 149. The van der Waals surface area contributed by atoms with Gasteiger partial charge in [-0.2, -0.15) is 0 Å². The van der Waals surface area contributed by atoms with Crippen molar-refractivity contribution in [1.82, 2.24) is 0 Å². The number of phenols is 2. The van der Waals surface area contributed by atoms with Gasteiger partial charge in [-0.05, 0) is 254 Å². The van der Waals surface area contributed by atoms with Crippen molar-refractivity contribution in [2.24, 2.45) is 0 Å². The van der Waals surface area contributed by atoms with Gasteiger partial charge in [-0.1, -0.05) is 239 Å². The van der Waals surface area contributed by atoms with Gasteiger partial charge in [0.05, 0.1) is 21.8 Å². The van der Waals surface area contributed by atoms with Crippen LogP contribution in [0.15, 0.2) is 447 Å². The molecule has 2 nitrogen and oxygen atoms in total. The smallest absolute Gasteiger partial charge is 0.187 e. The topological polar surface area (TPSA) is 40.5 Å². The van der Waals surface area contributed by atoms with Crippen LogP contribution in [0.1, 0.15) is 50.3 Å². The summed E-state index contributed by atoms with van der Waals surface area (Å²) in [7, 11) is 0.0499. The Hall–Kier alpha value is -12.2. The van der Waals surface area contributed by atoms with Crippen LogP contribution in [0.3, 0.4) is 0 Å². The fourth-order valence-electron chi connectivity index (χ4n) is 16.6. The Morgan fingerprint density at radius 1 is 0.252 bits per heavy atom. The zero-order valence-electron chi connectivity index (χ0n) is 67.5. The highest BCUT2D eigenvalue weighted by Crippen LogP contribution is 2.51. The van der Waals surface area contributed by atoms with Gasteiger partial charge in [-0.15, -0.1) is 0 Å². The summed E-state index contributed by atoms with van der Waals surface area (Å²) in [6.07, 6.45) is 2.72. The molecule has 2 N–H and O–H groups in total. The van der Waals surface area contributed by atoms with Crippen LogP contribution in [0.2, 0.25) is 0 Å². The van der Waals surface area contributed by atoms with Crippen LogP contribution >= 0.6 is 20.9 Å². The van der Waals surface area contributed by atoms with Gasteiger partial charge < -0.3 is 10.2 Å². The number of hydrogen-bond acceptors (Lipinski definition) is 2. The highest BCUT2D eigenvalue weighted by Gasteiger charge is 2.34. The monoisotopic (exact) mass is 1630 g/mol. The Morgan fingerprint density at radius 2 is 0.538 bits per heavy atom. The number of benzene rings is 19. The molecule has 21 aromatic rings. The summed E-state index contributed by atoms with van der Waals surface area (Å²) in [6.45, 7) is 10.8. The number of aromatic hydroxyl groups is 2. The van der Waals surface area contributed by atoms with Gasteiger partial charge in [-0.3, -0.25) is 0 Å². The highest BCUT2D eigenvalue weighted by molar-refractivity contribution is 7.97. The van der Waals surface area contributed by atoms with Crippen molar-refractivity contribution < 1.29 is 10.2 Å². The molecule has 0 bridgehead atoms. The lowest BCUT2D eigenvalue weighted by molar-refractivity contribution is 0.467. The molecule has 0 aliphatic carbocycles. The lowest BCUT2D eigenvalue weighted by atomic mass is 9.87. The molecule has 3 heterocycles. The van der Waals surface area contributed by atoms with Gasteiger partial charge in [0.25, 0.3) is 0 Å². The van der Waals surface area contributed by atoms with Crippen LogP contribution in [0.5, 0.6) is 11.5 Å². The maximum Gasteiger partial charge on any atom is 0.187 e. The van der Waals surface area contributed by atoms with Gasteiger partial charge in [0.2, 0.25) is 0 Å². The Kier molecular flexibility index (Phi) is 22.8. The molecule has 0 saturated carbocycles. The summed E-state index contributed by atoms with van der Waals surface area (Å²) in [5.41, 5.74) is 3.42. The molecule has 0 atom stereocenters. The molecule has 1 saturated heterocycles. The summed E-state index contributed by atoms with van der Waals surface area (Å²) in [5.74, 6) is 3.47. The van der Waals surface area contributed by atoms with Gasteiger partial charge in [0, 0.05) is 107 Å². The molecule has 2 aromatic heterocycles. The molecule has 1 fully saturated rings. The Bertz CT molecular complexity index is 6850. The molecule has 0 unspecified atom stereocenters. The van der Waals surface area contributed by atoms with Crippen molar-refractivity contribution in [2.45, 2.75) is 87.1 Å². The zero-order chi connectivity index (χ0) is 80.9. The first-order chi connectivity index (χ1) is 58.3. The van der Waals surface area contributed by atoms with E-state index in [9.17, 15) is 10.2 Å². The summed E-state index contributed by atoms with van der Waals surface area (Å²) in [5, 5.41) is 40.5. The van der Waals surface area contributed by atoms with E-state index in [-0.39, 0.29) is 48.1 Å². The van der Waals surface area contributed by atoms with Crippen LogP contribution in [0, 0.1) is 13.8 Å². The molecule has 0 amide bonds. The second-order valence-corrected chi connectivity index (χ2v) is 41.7. The molecule has 19 aromatic carbocycles. The second-order valence-electron chi connectivity index (χ2n) is 31.5. The minimum Gasteiger partial charge on any atom is -0.507 e.